The molecule has 2 aromatic carbocycles. The number of thiazole rings is 1. The Morgan fingerprint density at radius 3 is 2.65 bits per heavy atom. The average Bonchev–Trinajstić information content (AvgIpc) is 3.02. The van der Waals surface area contributed by atoms with Gasteiger partial charge in [0.05, 0.1) is 16.9 Å². The molecule has 6 heteroatoms. The molecular weight excluding hydrogens is 346 g/mol. The first-order valence-electron chi connectivity index (χ1n) is 8.03. The zero-order valence-electron chi connectivity index (χ0n) is 14.4. The van der Waals surface area contributed by atoms with E-state index < -0.39 is 0 Å². The van der Waals surface area contributed by atoms with Gasteiger partial charge in [0, 0.05) is 0 Å². The lowest BCUT2D eigenvalue weighted by atomic mass is 10.2. The number of hydrogen-bond donors (Lipinski definition) is 1. The summed E-state index contributed by atoms with van der Waals surface area (Å²) in [6, 6.07) is 16.7. The third-order valence-electron chi connectivity index (χ3n) is 3.73. The molecule has 0 spiro atoms. The van der Waals surface area contributed by atoms with Crippen molar-refractivity contribution in [3.8, 4) is 11.8 Å². The number of para-hydroxylation sites is 1. The lowest BCUT2D eigenvalue weighted by Crippen LogP contribution is -2.12. The van der Waals surface area contributed by atoms with E-state index in [1.54, 1.807) is 31.2 Å². The van der Waals surface area contributed by atoms with Gasteiger partial charge in [0.15, 0.2) is 0 Å². The first-order valence-corrected chi connectivity index (χ1v) is 8.84. The van der Waals surface area contributed by atoms with Gasteiger partial charge in [-0.15, -0.1) is 11.3 Å². The summed E-state index contributed by atoms with van der Waals surface area (Å²) < 4.78 is 5.72. The molecule has 0 bridgehead atoms. The summed E-state index contributed by atoms with van der Waals surface area (Å²) in [5.74, 6) is 0.488. The summed E-state index contributed by atoms with van der Waals surface area (Å²) in [5, 5.41) is 12.6. The molecule has 3 aromatic rings. The van der Waals surface area contributed by atoms with E-state index in [9.17, 15) is 4.79 Å². The number of nitrogens with zero attached hydrogens (tertiary/aromatic N) is 2. The number of aromatic nitrogens is 1. The monoisotopic (exact) mass is 363 g/mol. The van der Waals surface area contributed by atoms with E-state index >= 15 is 0 Å². The van der Waals surface area contributed by atoms with Crippen LogP contribution in [0.2, 0.25) is 0 Å². The fourth-order valence-electron chi connectivity index (χ4n) is 2.37. The second-order valence-electron chi connectivity index (χ2n) is 5.74. The van der Waals surface area contributed by atoms with Crippen LogP contribution >= 0.6 is 11.3 Å². The number of nitriles is 1. The molecule has 0 radical (unpaired) electrons. The standard InChI is InChI=1S/C20H17N3O2S/c1-13-7-9-16(10-8-13)25-12-18-22-14(2)19(26-18)20(24)23-17-6-4-3-5-15(17)11-21/h3-10H,12H2,1-2H3,(H,23,24). The summed E-state index contributed by atoms with van der Waals surface area (Å²) in [4.78, 5) is 17.5. The highest BCUT2D eigenvalue weighted by Gasteiger charge is 2.17. The van der Waals surface area contributed by atoms with E-state index in [1.807, 2.05) is 31.2 Å². The smallest absolute Gasteiger partial charge is 0.267 e. The molecule has 0 aliphatic heterocycles. The molecule has 0 saturated carbocycles. The van der Waals surface area contributed by atoms with Gasteiger partial charge in [-0.2, -0.15) is 5.26 Å². The Labute approximate surface area is 155 Å². The topological polar surface area (TPSA) is 75.0 Å². The number of amides is 1. The maximum atomic E-state index is 12.5. The van der Waals surface area contributed by atoms with E-state index in [4.69, 9.17) is 10.00 Å². The van der Waals surface area contributed by atoms with Gasteiger partial charge in [-0.3, -0.25) is 4.79 Å². The Hall–Kier alpha value is -3.17. The highest BCUT2D eigenvalue weighted by molar-refractivity contribution is 7.13. The molecule has 5 nitrogen and oxygen atoms in total. The van der Waals surface area contributed by atoms with Crippen LogP contribution in [0.1, 0.15) is 31.5 Å². The van der Waals surface area contributed by atoms with Crippen molar-refractivity contribution in [1.29, 1.82) is 5.26 Å². The van der Waals surface area contributed by atoms with Gasteiger partial charge in [-0.05, 0) is 38.1 Å². The van der Waals surface area contributed by atoms with Crippen LogP contribution in [-0.4, -0.2) is 10.9 Å². The van der Waals surface area contributed by atoms with E-state index in [0.29, 0.717) is 28.4 Å². The van der Waals surface area contributed by atoms with Gasteiger partial charge in [0.1, 0.15) is 28.3 Å². The van der Waals surface area contributed by atoms with Crippen molar-refractivity contribution >= 4 is 22.9 Å². The molecule has 0 saturated heterocycles. The molecule has 0 unspecified atom stereocenters. The number of nitrogens with one attached hydrogen (secondary N) is 1. The second kappa shape index (κ2) is 7.81. The van der Waals surface area contributed by atoms with E-state index in [-0.39, 0.29) is 5.91 Å². The number of anilines is 1. The van der Waals surface area contributed by atoms with Crippen LogP contribution in [0.4, 0.5) is 5.69 Å². The molecule has 0 aliphatic rings. The Balaban J connectivity index is 1.70. The Kier molecular flexibility index (Phi) is 5.30. The number of carbonyl (C=O) groups is 1. The fourth-order valence-corrected chi connectivity index (χ4v) is 3.25. The highest BCUT2D eigenvalue weighted by atomic mass is 32.1. The predicted molar refractivity (Wildman–Crippen MR) is 101 cm³/mol. The van der Waals surface area contributed by atoms with Crippen molar-refractivity contribution < 1.29 is 9.53 Å². The van der Waals surface area contributed by atoms with Gasteiger partial charge >= 0.3 is 0 Å². The molecule has 1 aromatic heterocycles. The maximum absolute atomic E-state index is 12.5. The van der Waals surface area contributed by atoms with Crippen LogP contribution in [0.15, 0.2) is 48.5 Å². The summed E-state index contributed by atoms with van der Waals surface area (Å²) in [6.45, 7) is 4.11. The first kappa shape index (κ1) is 17.6. The number of carbonyl (C=O) groups excluding carboxylic acids is 1. The first-order chi connectivity index (χ1) is 12.6. The molecule has 0 aliphatic carbocycles. The number of hydrogen-bond acceptors (Lipinski definition) is 5. The van der Waals surface area contributed by atoms with Gasteiger partial charge in [-0.25, -0.2) is 4.98 Å². The summed E-state index contributed by atoms with van der Waals surface area (Å²) in [7, 11) is 0. The van der Waals surface area contributed by atoms with E-state index in [2.05, 4.69) is 16.4 Å². The van der Waals surface area contributed by atoms with E-state index in [1.165, 1.54) is 16.9 Å². The SMILES string of the molecule is Cc1ccc(OCc2nc(C)c(C(=O)Nc3ccccc3C#N)s2)cc1. The summed E-state index contributed by atoms with van der Waals surface area (Å²) >= 11 is 1.29. The zero-order valence-corrected chi connectivity index (χ0v) is 15.3. The van der Waals surface area contributed by atoms with Crippen LogP contribution < -0.4 is 10.1 Å². The largest absolute Gasteiger partial charge is 0.486 e. The van der Waals surface area contributed by atoms with Crippen molar-refractivity contribution in [3.05, 3.63) is 75.2 Å². The number of aryl methyl sites for hydroxylation is 2. The molecular formula is C20H17N3O2S. The molecule has 3 rings (SSSR count). The minimum Gasteiger partial charge on any atom is -0.486 e. The Morgan fingerprint density at radius 2 is 1.92 bits per heavy atom. The minimum absolute atomic E-state index is 0.274. The summed E-state index contributed by atoms with van der Waals surface area (Å²) in [6.07, 6.45) is 0. The van der Waals surface area contributed by atoms with Crippen LogP contribution in [0.25, 0.3) is 0 Å². The average molecular weight is 363 g/mol. The quantitative estimate of drug-likeness (QED) is 0.726. The van der Waals surface area contributed by atoms with E-state index in [0.717, 1.165) is 10.8 Å². The zero-order chi connectivity index (χ0) is 18.5. The Morgan fingerprint density at radius 1 is 1.19 bits per heavy atom. The highest BCUT2D eigenvalue weighted by Crippen LogP contribution is 2.23. The van der Waals surface area contributed by atoms with Crippen molar-refractivity contribution in [2.75, 3.05) is 5.32 Å². The molecule has 26 heavy (non-hydrogen) atoms. The van der Waals surface area contributed by atoms with Crippen LogP contribution in [0.3, 0.4) is 0 Å². The maximum Gasteiger partial charge on any atom is 0.267 e. The predicted octanol–water partition coefficient (Wildman–Crippen LogP) is 4.46. The third kappa shape index (κ3) is 4.08. The van der Waals surface area contributed by atoms with Gasteiger partial charge in [0.25, 0.3) is 5.91 Å². The normalized spacial score (nSPS) is 10.2. The lowest BCUT2D eigenvalue weighted by molar-refractivity contribution is 0.103. The number of benzene rings is 2. The second-order valence-corrected chi connectivity index (χ2v) is 6.82. The van der Waals surface area contributed by atoms with Gasteiger partial charge in [0.2, 0.25) is 0 Å². The van der Waals surface area contributed by atoms with Crippen molar-refractivity contribution in [2.45, 2.75) is 20.5 Å². The van der Waals surface area contributed by atoms with Crippen molar-refractivity contribution in [1.82, 2.24) is 4.98 Å². The minimum atomic E-state index is -0.274. The lowest BCUT2D eigenvalue weighted by Gasteiger charge is -2.05. The fraction of sp³-hybridized carbons (Fsp3) is 0.150. The van der Waals surface area contributed by atoms with Crippen LogP contribution in [0.5, 0.6) is 5.75 Å². The van der Waals surface area contributed by atoms with Gasteiger partial charge < -0.3 is 10.1 Å². The molecule has 130 valence electrons. The summed E-state index contributed by atoms with van der Waals surface area (Å²) in [5.41, 5.74) is 2.72. The van der Waals surface area contributed by atoms with Crippen LogP contribution in [-0.2, 0) is 6.61 Å². The third-order valence-corrected chi connectivity index (χ3v) is 4.86. The Bertz CT molecular complexity index is 971. The van der Waals surface area contributed by atoms with Gasteiger partial charge in [-0.1, -0.05) is 29.8 Å². The van der Waals surface area contributed by atoms with Crippen molar-refractivity contribution in [3.63, 3.8) is 0 Å². The van der Waals surface area contributed by atoms with Crippen molar-refractivity contribution in [2.24, 2.45) is 0 Å². The number of ether oxygens (including phenoxy) is 1. The molecule has 1 N–H and O–H groups in total. The van der Waals surface area contributed by atoms with Crippen LogP contribution in [0, 0.1) is 25.2 Å². The number of rotatable bonds is 5. The molecule has 1 heterocycles. The molecule has 0 fully saturated rings. The molecule has 0 atom stereocenters. The molecule has 1 amide bonds.